The SMILES string of the molecule is COC1CN(CCC(=O)c2cccc(Br)c2)CC1OC. The lowest BCUT2D eigenvalue weighted by atomic mass is 10.1. The van der Waals surface area contributed by atoms with Crippen molar-refractivity contribution in [3.05, 3.63) is 34.3 Å². The highest BCUT2D eigenvalue weighted by Gasteiger charge is 2.32. The van der Waals surface area contributed by atoms with Crippen molar-refractivity contribution in [1.82, 2.24) is 4.90 Å². The number of carbonyl (C=O) groups is 1. The molecule has 0 radical (unpaired) electrons. The quantitative estimate of drug-likeness (QED) is 0.744. The minimum Gasteiger partial charge on any atom is -0.377 e. The van der Waals surface area contributed by atoms with Crippen LogP contribution in [0, 0.1) is 0 Å². The second-order valence-electron chi connectivity index (χ2n) is 4.99. The lowest BCUT2D eigenvalue weighted by Crippen LogP contribution is -2.27. The molecule has 0 aliphatic carbocycles. The summed E-state index contributed by atoms with van der Waals surface area (Å²) in [6, 6.07) is 7.52. The second kappa shape index (κ2) is 7.31. The van der Waals surface area contributed by atoms with Crippen molar-refractivity contribution in [1.29, 1.82) is 0 Å². The van der Waals surface area contributed by atoms with Crippen molar-refractivity contribution in [2.45, 2.75) is 18.6 Å². The maximum absolute atomic E-state index is 12.1. The number of rotatable bonds is 6. The summed E-state index contributed by atoms with van der Waals surface area (Å²) in [6.07, 6.45) is 0.713. The molecule has 1 fully saturated rings. The van der Waals surface area contributed by atoms with E-state index in [1.54, 1.807) is 14.2 Å². The van der Waals surface area contributed by atoms with Gasteiger partial charge in [-0.3, -0.25) is 9.69 Å². The van der Waals surface area contributed by atoms with E-state index in [0.29, 0.717) is 6.42 Å². The Labute approximate surface area is 128 Å². The first-order valence-corrected chi connectivity index (χ1v) is 7.50. The summed E-state index contributed by atoms with van der Waals surface area (Å²) >= 11 is 3.39. The Morgan fingerprint density at radius 2 is 1.95 bits per heavy atom. The van der Waals surface area contributed by atoms with Crippen molar-refractivity contribution in [3.63, 3.8) is 0 Å². The van der Waals surface area contributed by atoms with Gasteiger partial charge in [0.25, 0.3) is 0 Å². The van der Waals surface area contributed by atoms with Crippen molar-refractivity contribution in [2.75, 3.05) is 33.9 Å². The molecule has 0 saturated carbocycles. The first kappa shape index (κ1) is 15.6. The Morgan fingerprint density at radius 3 is 2.50 bits per heavy atom. The van der Waals surface area contributed by atoms with Gasteiger partial charge in [-0.2, -0.15) is 0 Å². The molecule has 0 spiro atoms. The number of Topliss-reactive ketones (excluding diaryl/α,β-unsaturated/α-hetero) is 1. The van der Waals surface area contributed by atoms with Gasteiger partial charge in [-0.05, 0) is 12.1 Å². The van der Waals surface area contributed by atoms with E-state index in [4.69, 9.17) is 9.47 Å². The van der Waals surface area contributed by atoms with Gasteiger partial charge in [0.05, 0.1) is 12.2 Å². The van der Waals surface area contributed by atoms with E-state index in [1.165, 1.54) is 0 Å². The average Bonchev–Trinajstić information content (AvgIpc) is 2.87. The molecule has 5 heteroatoms. The van der Waals surface area contributed by atoms with E-state index >= 15 is 0 Å². The summed E-state index contributed by atoms with van der Waals surface area (Å²) in [6.45, 7) is 2.38. The van der Waals surface area contributed by atoms with E-state index in [0.717, 1.165) is 29.7 Å². The zero-order chi connectivity index (χ0) is 14.5. The molecule has 0 aromatic heterocycles. The van der Waals surface area contributed by atoms with Crippen molar-refractivity contribution < 1.29 is 14.3 Å². The molecule has 1 aliphatic rings. The van der Waals surface area contributed by atoms with E-state index in [1.807, 2.05) is 24.3 Å². The molecule has 1 aromatic rings. The molecule has 0 N–H and O–H groups in total. The monoisotopic (exact) mass is 341 g/mol. The largest absolute Gasteiger partial charge is 0.377 e. The van der Waals surface area contributed by atoms with Crippen LogP contribution in [0.3, 0.4) is 0 Å². The van der Waals surface area contributed by atoms with Gasteiger partial charge < -0.3 is 9.47 Å². The minimum absolute atomic E-state index is 0.0981. The van der Waals surface area contributed by atoms with Crippen molar-refractivity contribution in [3.8, 4) is 0 Å². The van der Waals surface area contributed by atoms with Crippen LogP contribution in [-0.2, 0) is 9.47 Å². The van der Waals surface area contributed by atoms with Crippen molar-refractivity contribution >= 4 is 21.7 Å². The molecule has 1 heterocycles. The molecule has 1 aliphatic heterocycles. The first-order valence-electron chi connectivity index (χ1n) is 6.70. The summed E-state index contributed by atoms with van der Waals surface area (Å²) in [5.41, 5.74) is 0.755. The Balaban J connectivity index is 1.85. The lowest BCUT2D eigenvalue weighted by Gasteiger charge is -2.14. The number of nitrogens with zero attached hydrogens (tertiary/aromatic N) is 1. The second-order valence-corrected chi connectivity index (χ2v) is 5.91. The first-order chi connectivity index (χ1) is 9.63. The third-order valence-electron chi connectivity index (χ3n) is 3.70. The number of methoxy groups -OCH3 is 2. The number of benzene rings is 1. The van der Waals surface area contributed by atoms with Crippen LogP contribution in [-0.4, -0.2) is 56.7 Å². The van der Waals surface area contributed by atoms with E-state index in [9.17, 15) is 4.79 Å². The summed E-state index contributed by atoms with van der Waals surface area (Å²) < 4.78 is 11.7. The van der Waals surface area contributed by atoms with Crippen LogP contribution < -0.4 is 0 Å². The highest BCUT2D eigenvalue weighted by molar-refractivity contribution is 9.10. The normalized spacial score (nSPS) is 23.1. The van der Waals surface area contributed by atoms with Gasteiger partial charge in [0.2, 0.25) is 0 Å². The number of hydrogen-bond acceptors (Lipinski definition) is 4. The summed E-state index contributed by atoms with van der Waals surface area (Å²) in [4.78, 5) is 14.4. The minimum atomic E-state index is 0.0981. The predicted molar refractivity (Wildman–Crippen MR) is 81.1 cm³/mol. The van der Waals surface area contributed by atoms with Gasteiger partial charge in [0.1, 0.15) is 0 Å². The highest BCUT2D eigenvalue weighted by atomic mass is 79.9. The Hall–Kier alpha value is -0.750. The zero-order valence-electron chi connectivity index (χ0n) is 11.8. The summed E-state index contributed by atoms with van der Waals surface area (Å²) in [5.74, 6) is 0.168. The maximum Gasteiger partial charge on any atom is 0.164 e. The summed E-state index contributed by atoms with van der Waals surface area (Å²) in [7, 11) is 3.40. The fourth-order valence-corrected chi connectivity index (χ4v) is 2.92. The predicted octanol–water partition coefficient (Wildman–Crippen LogP) is 2.37. The van der Waals surface area contributed by atoms with Gasteiger partial charge in [-0.15, -0.1) is 0 Å². The fourth-order valence-electron chi connectivity index (χ4n) is 2.52. The highest BCUT2D eigenvalue weighted by Crippen LogP contribution is 2.17. The Bertz CT molecular complexity index is 454. The van der Waals surface area contributed by atoms with Crippen molar-refractivity contribution in [2.24, 2.45) is 0 Å². The molecule has 2 unspecified atom stereocenters. The van der Waals surface area contributed by atoms with Crippen LogP contribution in [0.15, 0.2) is 28.7 Å². The molecule has 1 saturated heterocycles. The van der Waals surface area contributed by atoms with E-state index in [2.05, 4.69) is 20.8 Å². The van der Waals surface area contributed by atoms with Gasteiger partial charge in [-0.25, -0.2) is 0 Å². The van der Waals surface area contributed by atoms with Crippen LogP contribution in [0.2, 0.25) is 0 Å². The van der Waals surface area contributed by atoms with Gasteiger partial charge in [0, 0.05) is 50.3 Å². The fraction of sp³-hybridized carbons (Fsp3) is 0.533. The molecule has 4 nitrogen and oxygen atoms in total. The van der Waals surface area contributed by atoms with E-state index < -0.39 is 0 Å². The number of ketones is 1. The maximum atomic E-state index is 12.1. The van der Waals surface area contributed by atoms with E-state index in [-0.39, 0.29) is 18.0 Å². The van der Waals surface area contributed by atoms with Crippen LogP contribution in [0.5, 0.6) is 0 Å². The zero-order valence-corrected chi connectivity index (χ0v) is 13.4. The molecule has 20 heavy (non-hydrogen) atoms. The van der Waals surface area contributed by atoms with Crippen LogP contribution in [0.25, 0.3) is 0 Å². The van der Waals surface area contributed by atoms with Gasteiger partial charge in [-0.1, -0.05) is 28.1 Å². The Morgan fingerprint density at radius 1 is 1.30 bits per heavy atom. The Kier molecular flexibility index (Phi) is 5.72. The lowest BCUT2D eigenvalue weighted by molar-refractivity contribution is -0.00461. The molecule has 110 valence electrons. The van der Waals surface area contributed by atoms with Gasteiger partial charge >= 0.3 is 0 Å². The molecule has 0 bridgehead atoms. The molecule has 1 aromatic carbocycles. The van der Waals surface area contributed by atoms with Gasteiger partial charge in [0.15, 0.2) is 5.78 Å². The number of ether oxygens (including phenoxy) is 2. The standard InChI is InChI=1S/C15H20BrNO3/c1-19-14-9-17(10-15(14)20-2)7-6-13(18)11-4-3-5-12(16)8-11/h3-5,8,14-15H,6-7,9-10H2,1-2H3. The average molecular weight is 342 g/mol. The van der Waals surface area contributed by atoms with Crippen LogP contribution in [0.4, 0.5) is 0 Å². The number of carbonyl (C=O) groups excluding carboxylic acids is 1. The topological polar surface area (TPSA) is 38.8 Å². The smallest absolute Gasteiger partial charge is 0.164 e. The summed E-state index contributed by atoms with van der Waals surface area (Å²) in [5, 5.41) is 0. The molecule has 2 rings (SSSR count). The molecular weight excluding hydrogens is 322 g/mol. The third kappa shape index (κ3) is 3.88. The number of halogens is 1. The van der Waals surface area contributed by atoms with Crippen LogP contribution in [0.1, 0.15) is 16.8 Å². The molecular formula is C15H20BrNO3. The molecule has 0 amide bonds. The number of likely N-dealkylation sites (tertiary alicyclic amines) is 1. The third-order valence-corrected chi connectivity index (χ3v) is 4.19. The molecule has 2 atom stereocenters. The van der Waals surface area contributed by atoms with Crippen LogP contribution >= 0.6 is 15.9 Å². The number of hydrogen-bond donors (Lipinski definition) is 0.